The van der Waals surface area contributed by atoms with Gasteiger partial charge in [0.25, 0.3) is 0 Å². The molecule has 3 unspecified atom stereocenters. The van der Waals surface area contributed by atoms with Crippen LogP contribution >= 0.6 is 11.6 Å². The largest absolute Gasteiger partial charge is 0.390 e. The first-order chi connectivity index (χ1) is 8.41. The monoisotopic (exact) mass is 270 g/mol. The molecule has 0 aliphatic heterocycles. The standard InChI is InChI=1S/C15H20ClFO/c1-10-6-7-15(18,8-11(10)2)9-12-4-3-5-13(17)14(12)16/h3-5,10-11,18H,6-9H2,1-2H3. The summed E-state index contributed by atoms with van der Waals surface area (Å²) >= 11 is 5.95. The number of benzene rings is 1. The Kier molecular flexibility index (Phi) is 3.98. The van der Waals surface area contributed by atoms with Gasteiger partial charge in [-0.1, -0.05) is 37.6 Å². The molecule has 1 nitrogen and oxygen atoms in total. The van der Waals surface area contributed by atoms with Gasteiger partial charge in [-0.25, -0.2) is 4.39 Å². The van der Waals surface area contributed by atoms with E-state index in [0.29, 0.717) is 23.8 Å². The molecule has 3 heteroatoms. The van der Waals surface area contributed by atoms with Gasteiger partial charge in [0.15, 0.2) is 0 Å². The van der Waals surface area contributed by atoms with Crippen LogP contribution in [-0.2, 0) is 6.42 Å². The van der Waals surface area contributed by atoms with Gasteiger partial charge in [-0.2, -0.15) is 0 Å². The van der Waals surface area contributed by atoms with Gasteiger partial charge >= 0.3 is 0 Å². The van der Waals surface area contributed by atoms with E-state index < -0.39 is 11.4 Å². The lowest BCUT2D eigenvalue weighted by Gasteiger charge is -2.39. The van der Waals surface area contributed by atoms with Gasteiger partial charge in [0.2, 0.25) is 0 Å². The molecule has 1 aromatic rings. The molecular weight excluding hydrogens is 251 g/mol. The van der Waals surface area contributed by atoms with E-state index in [9.17, 15) is 9.50 Å². The molecule has 1 N–H and O–H groups in total. The lowest BCUT2D eigenvalue weighted by molar-refractivity contribution is -0.0279. The first-order valence-corrected chi connectivity index (χ1v) is 6.94. The highest BCUT2D eigenvalue weighted by atomic mass is 35.5. The van der Waals surface area contributed by atoms with Crippen LogP contribution in [0.3, 0.4) is 0 Å². The van der Waals surface area contributed by atoms with Crippen LogP contribution in [0.15, 0.2) is 18.2 Å². The fraction of sp³-hybridized carbons (Fsp3) is 0.600. The molecule has 3 atom stereocenters. The molecule has 1 aliphatic carbocycles. The van der Waals surface area contributed by atoms with Crippen LogP contribution in [0.2, 0.25) is 5.02 Å². The van der Waals surface area contributed by atoms with Gasteiger partial charge in [-0.3, -0.25) is 0 Å². The summed E-state index contributed by atoms with van der Waals surface area (Å²) in [6.07, 6.45) is 3.00. The Morgan fingerprint density at radius 1 is 1.39 bits per heavy atom. The summed E-state index contributed by atoms with van der Waals surface area (Å²) in [4.78, 5) is 0. The van der Waals surface area contributed by atoms with Crippen molar-refractivity contribution in [3.05, 3.63) is 34.6 Å². The van der Waals surface area contributed by atoms with Gasteiger partial charge in [0.05, 0.1) is 10.6 Å². The van der Waals surface area contributed by atoms with Crippen LogP contribution in [0.1, 0.15) is 38.7 Å². The lowest BCUT2D eigenvalue weighted by atomic mass is 9.71. The van der Waals surface area contributed by atoms with Crippen molar-refractivity contribution in [3.8, 4) is 0 Å². The van der Waals surface area contributed by atoms with E-state index in [1.54, 1.807) is 12.1 Å². The summed E-state index contributed by atoms with van der Waals surface area (Å²) in [6.45, 7) is 4.39. The van der Waals surface area contributed by atoms with Crippen LogP contribution in [0, 0.1) is 17.7 Å². The number of rotatable bonds is 2. The minimum absolute atomic E-state index is 0.150. The molecule has 0 heterocycles. The maximum atomic E-state index is 13.4. The molecule has 0 amide bonds. The predicted octanol–water partition coefficient (Wildman–Crippen LogP) is 4.21. The van der Waals surface area contributed by atoms with Crippen LogP contribution in [0.25, 0.3) is 0 Å². The molecule has 100 valence electrons. The Morgan fingerprint density at radius 3 is 2.78 bits per heavy atom. The molecule has 1 saturated carbocycles. The average Bonchev–Trinajstić information content (AvgIpc) is 2.31. The maximum Gasteiger partial charge on any atom is 0.142 e. The summed E-state index contributed by atoms with van der Waals surface area (Å²) in [6, 6.07) is 4.79. The third-order valence-electron chi connectivity index (χ3n) is 4.29. The maximum absolute atomic E-state index is 13.4. The molecule has 18 heavy (non-hydrogen) atoms. The second kappa shape index (κ2) is 5.18. The van der Waals surface area contributed by atoms with E-state index in [4.69, 9.17) is 11.6 Å². The summed E-state index contributed by atoms with van der Waals surface area (Å²) in [5.74, 6) is 0.735. The van der Waals surface area contributed by atoms with Crippen molar-refractivity contribution in [2.75, 3.05) is 0 Å². The van der Waals surface area contributed by atoms with E-state index in [1.807, 2.05) is 0 Å². The summed E-state index contributed by atoms with van der Waals surface area (Å²) in [7, 11) is 0. The van der Waals surface area contributed by atoms with Crippen LogP contribution in [-0.4, -0.2) is 10.7 Å². The van der Waals surface area contributed by atoms with Crippen molar-refractivity contribution >= 4 is 11.6 Å². The zero-order chi connectivity index (χ0) is 13.3. The topological polar surface area (TPSA) is 20.2 Å². The van der Waals surface area contributed by atoms with Crippen molar-refractivity contribution in [1.82, 2.24) is 0 Å². The molecule has 1 aliphatic rings. The summed E-state index contributed by atoms with van der Waals surface area (Å²) in [5.41, 5.74) is -0.0236. The highest BCUT2D eigenvalue weighted by Crippen LogP contribution is 2.39. The Bertz CT molecular complexity index is 435. The van der Waals surface area contributed by atoms with Crippen molar-refractivity contribution in [3.63, 3.8) is 0 Å². The Hall–Kier alpha value is -0.600. The van der Waals surface area contributed by atoms with Crippen LogP contribution < -0.4 is 0 Å². The predicted molar refractivity (Wildman–Crippen MR) is 72.2 cm³/mol. The van der Waals surface area contributed by atoms with Gasteiger partial charge in [0, 0.05) is 6.42 Å². The van der Waals surface area contributed by atoms with Gasteiger partial charge in [0.1, 0.15) is 5.82 Å². The summed E-state index contributed by atoms with van der Waals surface area (Å²) in [5, 5.41) is 10.8. The molecule has 0 spiro atoms. The van der Waals surface area contributed by atoms with Crippen molar-refractivity contribution < 1.29 is 9.50 Å². The fourth-order valence-electron chi connectivity index (χ4n) is 2.88. The third kappa shape index (κ3) is 2.86. The normalized spacial score (nSPS) is 32.5. The number of hydrogen-bond acceptors (Lipinski definition) is 1. The smallest absolute Gasteiger partial charge is 0.142 e. The SMILES string of the molecule is CC1CCC(O)(Cc2cccc(F)c2Cl)CC1C. The third-order valence-corrected chi connectivity index (χ3v) is 4.71. The van der Waals surface area contributed by atoms with Gasteiger partial charge in [-0.15, -0.1) is 0 Å². The first-order valence-electron chi connectivity index (χ1n) is 6.56. The van der Waals surface area contributed by atoms with E-state index in [2.05, 4.69) is 13.8 Å². The first kappa shape index (κ1) is 13.8. The van der Waals surface area contributed by atoms with E-state index in [0.717, 1.165) is 19.3 Å². The van der Waals surface area contributed by atoms with Crippen molar-refractivity contribution in [2.45, 2.75) is 45.1 Å². The lowest BCUT2D eigenvalue weighted by Crippen LogP contribution is -2.39. The Balaban J connectivity index is 2.15. The molecule has 1 aromatic carbocycles. The van der Waals surface area contributed by atoms with E-state index in [-0.39, 0.29) is 5.02 Å². The Labute approximate surface area is 113 Å². The quantitative estimate of drug-likeness (QED) is 0.854. The average molecular weight is 271 g/mol. The van der Waals surface area contributed by atoms with Gasteiger partial charge in [-0.05, 0) is 42.7 Å². The highest BCUT2D eigenvalue weighted by molar-refractivity contribution is 6.31. The zero-order valence-electron chi connectivity index (χ0n) is 10.9. The minimum atomic E-state index is -0.733. The van der Waals surface area contributed by atoms with Crippen molar-refractivity contribution in [1.29, 1.82) is 0 Å². The zero-order valence-corrected chi connectivity index (χ0v) is 11.7. The van der Waals surface area contributed by atoms with Gasteiger partial charge < -0.3 is 5.11 Å². The summed E-state index contributed by atoms with van der Waals surface area (Å²) < 4.78 is 13.4. The van der Waals surface area contributed by atoms with E-state index >= 15 is 0 Å². The van der Waals surface area contributed by atoms with Crippen molar-refractivity contribution in [2.24, 2.45) is 11.8 Å². The molecule has 0 aromatic heterocycles. The molecule has 2 rings (SSSR count). The molecule has 0 bridgehead atoms. The Morgan fingerprint density at radius 2 is 2.11 bits per heavy atom. The number of hydrogen-bond donors (Lipinski definition) is 1. The van der Waals surface area contributed by atoms with Crippen LogP contribution in [0.4, 0.5) is 4.39 Å². The minimum Gasteiger partial charge on any atom is -0.390 e. The fourth-order valence-corrected chi connectivity index (χ4v) is 3.08. The molecule has 0 saturated heterocycles. The molecule has 1 fully saturated rings. The molecular formula is C15H20ClFO. The molecule has 0 radical (unpaired) electrons. The van der Waals surface area contributed by atoms with E-state index in [1.165, 1.54) is 6.07 Å². The second-order valence-electron chi connectivity index (χ2n) is 5.81. The highest BCUT2D eigenvalue weighted by Gasteiger charge is 2.36. The number of aliphatic hydroxyl groups is 1. The number of halogens is 2. The second-order valence-corrected chi connectivity index (χ2v) is 6.19. The van der Waals surface area contributed by atoms with Crippen LogP contribution in [0.5, 0.6) is 0 Å².